The number of amides is 4. The number of rotatable bonds is 6. The largest absolute Gasteiger partial charge is 0.344 e. The number of nitrogens with one attached hydrogen (secondary N) is 2. The molecule has 35 heavy (non-hydrogen) atoms. The maximum Gasteiger partial charge on any atom is 0.344 e. The number of imide groups is 1. The van der Waals surface area contributed by atoms with Gasteiger partial charge in [0.25, 0.3) is 5.91 Å². The van der Waals surface area contributed by atoms with E-state index >= 15 is 0 Å². The molecule has 2 N–H and O–H groups in total. The number of hydrogen-bond donors (Lipinski definition) is 2. The van der Waals surface area contributed by atoms with Crippen LogP contribution in [-0.4, -0.2) is 48.7 Å². The van der Waals surface area contributed by atoms with Crippen LogP contribution in [-0.2, 0) is 25.2 Å². The van der Waals surface area contributed by atoms with Crippen molar-refractivity contribution in [3.63, 3.8) is 0 Å². The highest BCUT2D eigenvalue weighted by molar-refractivity contribution is 7.89. The Morgan fingerprint density at radius 2 is 1.74 bits per heavy atom. The maximum atomic E-state index is 13.2. The molecule has 2 aliphatic heterocycles. The van der Waals surface area contributed by atoms with Crippen molar-refractivity contribution in [3.8, 4) is 6.07 Å². The van der Waals surface area contributed by atoms with Crippen molar-refractivity contribution in [3.05, 3.63) is 65.7 Å². The van der Waals surface area contributed by atoms with E-state index in [9.17, 15) is 28.1 Å². The molecule has 2 aromatic rings. The number of sulfonamides is 1. The fraction of sp³-hybridized carbons (Fsp3) is 0.333. The molecule has 1 unspecified atom stereocenters. The average Bonchev–Trinajstić information content (AvgIpc) is 3.14. The molecular weight excluding hydrogens is 470 g/mol. The topological polar surface area (TPSA) is 140 Å². The molecule has 0 radical (unpaired) electrons. The molecule has 2 aliphatic rings. The minimum atomic E-state index is -3.89. The summed E-state index contributed by atoms with van der Waals surface area (Å²) in [5, 5.41) is 12.7. The number of nitrogens with zero attached hydrogens (tertiary/aromatic N) is 3. The van der Waals surface area contributed by atoms with Crippen LogP contribution in [0.15, 0.2) is 59.5 Å². The van der Waals surface area contributed by atoms with Gasteiger partial charge in [0.1, 0.15) is 11.6 Å². The Bertz CT molecular complexity index is 1300. The third-order valence-electron chi connectivity index (χ3n) is 6.56. The fourth-order valence-electron chi connectivity index (χ4n) is 4.52. The number of piperidine rings is 1. The monoisotopic (exact) mass is 495 g/mol. The lowest BCUT2D eigenvalue weighted by Gasteiger charge is -2.31. The minimum Gasteiger partial charge on any atom is -0.318 e. The standard InChI is InChI=1S/C24H25N5O5S/c1-2-24(19-9-4-3-5-10-19)22(31)29(23(32)26-24)27-21(30)17-12-14-28(15-13-17)35(33,34)20-11-7-6-8-18(20)16-25/h3-11,17H,2,12-15H2,1H3,(H,26,32)(H,27,30). The second kappa shape index (κ2) is 9.48. The molecule has 2 heterocycles. The highest BCUT2D eigenvalue weighted by Gasteiger charge is 2.52. The van der Waals surface area contributed by atoms with Crippen LogP contribution in [0.1, 0.15) is 37.3 Å². The summed E-state index contributed by atoms with van der Waals surface area (Å²) < 4.78 is 27.3. The van der Waals surface area contributed by atoms with Gasteiger partial charge >= 0.3 is 6.03 Å². The molecule has 2 fully saturated rings. The van der Waals surface area contributed by atoms with Gasteiger partial charge in [0.05, 0.1) is 10.5 Å². The number of benzene rings is 2. The summed E-state index contributed by atoms with van der Waals surface area (Å²) in [6.07, 6.45) is 0.719. The van der Waals surface area contributed by atoms with E-state index in [0.29, 0.717) is 17.0 Å². The lowest BCUT2D eigenvalue weighted by molar-refractivity contribution is -0.141. The molecule has 0 aromatic heterocycles. The van der Waals surface area contributed by atoms with Crippen LogP contribution >= 0.6 is 0 Å². The normalized spacial score (nSPS) is 21.4. The van der Waals surface area contributed by atoms with Crippen LogP contribution in [0.3, 0.4) is 0 Å². The summed E-state index contributed by atoms with van der Waals surface area (Å²) in [4.78, 5) is 38.7. The number of carbonyl (C=O) groups excluding carboxylic acids is 3. The molecule has 182 valence electrons. The van der Waals surface area contributed by atoms with Crippen LogP contribution in [0, 0.1) is 17.2 Å². The van der Waals surface area contributed by atoms with Crippen molar-refractivity contribution >= 4 is 27.9 Å². The predicted molar refractivity (Wildman–Crippen MR) is 125 cm³/mol. The van der Waals surface area contributed by atoms with Crippen molar-refractivity contribution in [2.24, 2.45) is 5.92 Å². The lowest BCUT2D eigenvalue weighted by atomic mass is 9.87. The molecule has 4 amide bonds. The first-order chi connectivity index (χ1) is 16.7. The predicted octanol–water partition coefficient (Wildman–Crippen LogP) is 1.85. The molecule has 4 rings (SSSR count). The quantitative estimate of drug-likeness (QED) is 0.586. The lowest BCUT2D eigenvalue weighted by Crippen LogP contribution is -2.51. The molecular formula is C24H25N5O5S. The second-order valence-corrected chi connectivity index (χ2v) is 10.4. The summed E-state index contributed by atoms with van der Waals surface area (Å²) in [7, 11) is -3.89. The van der Waals surface area contributed by atoms with Gasteiger partial charge in [0.2, 0.25) is 15.9 Å². The van der Waals surface area contributed by atoms with E-state index in [1.807, 2.05) is 6.07 Å². The summed E-state index contributed by atoms with van der Waals surface area (Å²) in [6.45, 7) is 1.92. The van der Waals surface area contributed by atoms with Crippen LogP contribution in [0.4, 0.5) is 4.79 Å². The first-order valence-electron chi connectivity index (χ1n) is 11.3. The minimum absolute atomic E-state index is 0.0590. The van der Waals surface area contributed by atoms with Crippen molar-refractivity contribution in [1.82, 2.24) is 20.1 Å². The van der Waals surface area contributed by atoms with Gasteiger partial charge in [0.15, 0.2) is 0 Å². The molecule has 2 aromatic carbocycles. The Kier molecular flexibility index (Phi) is 6.60. The van der Waals surface area contributed by atoms with E-state index in [1.54, 1.807) is 49.4 Å². The number of hydrazine groups is 1. The van der Waals surface area contributed by atoms with Crippen LogP contribution in [0.2, 0.25) is 0 Å². The van der Waals surface area contributed by atoms with Crippen LogP contribution in [0.25, 0.3) is 0 Å². The molecule has 2 saturated heterocycles. The van der Waals surface area contributed by atoms with Gasteiger partial charge in [-0.15, -0.1) is 0 Å². The van der Waals surface area contributed by atoms with Gasteiger partial charge < -0.3 is 5.32 Å². The van der Waals surface area contributed by atoms with Crippen molar-refractivity contribution < 1.29 is 22.8 Å². The van der Waals surface area contributed by atoms with Crippen molar-refractivity contribution in [1.29, 1.82) is 5.26 Å². The number of hydrogen-bond acceptors (Lipinski definition) is 6. The van der Waals surface area contributed by atoms with Crippen molar-refractivity contribution in [2.45, 2.75) is 36.6 Å². The highest BCUT2D eigenvalue weighted by Crippen LogP contribution is 2.32. The third kappa shape index (κ3) is 4.26. The van der Waals surface area contributed by atoms with E-state index in [0.717, 1.165) is 0 Å². The van der Waals surface area contributed by atoms with E-state index in [1.165, 1.54) is 16.4 Å². The molecule has 11 heteroatoms. The van der Waals surface area contributed by atoms with Crippen molar-refractivity contribution in [2.75, 3.05) is 13.1 Å². The van der Waals surface area contributed by atoms with E-state index in [-0.39, 0.29) is 36.4 Å². The fourth-order valence-corrected chi connectivity index (χ4v) is 6.13. The Balaban J connectivity index is 1.43. The number of urea groups is 1. The Labute approximate surface area is 203 Å². The van der Waals surface area contributed by atoms with Gasteiger partial charge in [-0.25, -0.2) is 13.2 Å². The number of carbonyl (C=O) groups is 3. The van der Waals surface area contributed by atoms with Gasteiger partial charge in [-0.2, -0.15) is 14.6 Å². The average molecular weight is 496 g/mol. The third-order valence-corrected chi connectivity index (χ3v) is 8.52. The zero-order valence-corrected chi connectivity index (χ0v) is 19.9. The Morgan fingerprint density at radius 3 is 2.37 bits per heavy atom. The first-order valence-corrected chi connectivity index (χ1v) is 12.7. The van der Waals surface area contributed by atoms with Gasteiger partial charge in [0, 0.05) is 19.0 Å². The molecule has 0 saturated carbocycles. The van der Waals surface area contributed by atoms with Gasteiger partial charge in [-0.3, -0.25) is 15.0 Å². The van der Waals surface area contributed by atoms with E-state index in [2.05, 4.69) is 10.7 Å². The molecule has 0 spiro atoms. The highest BCUT2D eigenvalue weighted by atomic mass is 32.2. The van der Waals surface area contributed by atoms with E-state index < -0.39 is 39.3 Å². The summed E-state index contributed by atoms with van der Waals surface area (Å²) in [5.74, 6) is -1.68. The number of nitriles is 1. The first kappa shape index (κ1) is 24.4. The van der Waals surface area contributed by atoms with Crippen LogP contribution < -0.4 is 10.7 Å². The van der Waals surface area contributed by atoms with Crippen LogP contribution in [0.5, 0.6) is 0 Å². The zero-order chi connectivity index (χ0) is 25.2. The molecule has 0 bridgehead atoms. The Hall–Kier alpha value is -3.75. The zero-order valence-electron chi connectivity index (χ0n) is 19.1. The Morgan fingerprint density at radius 1 is 1.11 bits per heavy atom. The maximum absolute atomic E-state index is 13.2. The van der Waals surface area contributed by atoms with E-state index in [4.69, 9.17) is 0 Å². The van der Waals surface area contributed by atoms with Gasteiger partial charge in [-0.1, -0.05) is 49.4 Å². The summed E-state index contributed by atoms with van der Waals surface area (Å²) >= 11 is 0. The molecule has 0 aliphatic carbocycles. The smallest absolute Gasteiger partial charge is 0.318 e. The summed E-state index contributed by atoms with van der Waals surface area (Å²) in [5.41, 5.74) is 1.84. The SMILES string of the molecule is CCC1(c2ccccc2)NC(=O)N(NC(=O)C2CCN(S(=O)(=O)c3ccccc3C#N)CC2)C1=O. The molecule has 1 atom stereocenters. The molecule has 10 nitrogen and oxygen atoms in total. The summed E-state index contributed by atoms with van der Waals surface area (Å²) in [6, 6.07) is 16.0. The van der Waals surface area contributed by atoms with Gasteiger partial charge in [-0.05, 0) is 37.0 Å². The second-order valence-electron chi connectivity index (χ2n) is 8.46.